The summed E-state index contributed by atoms with van der Waals surface area (Å²) < 4.78 is 0. The predicted octanol–water partition coefficient (Wildman–Crippen LogP) is 3.88. The lowest BCUT2D eigenvalue weighted by Crippen LogP contribution is -2.54. The molecule has 168 valence electrons. The monoisotopic (exact) mass is 467 g/mol. The highest BCUT2D eigenvalue weighted by Gasteiger charge is 2.43. The molecule has 0 radical (unpaired) electrons. The van der Waals surface area contributed by atoms with Crippen molar-refractivity contribution in [2.45, 2.75) is 38.1 Å². The molecule has 1 aromatic heterocycles. The Morgan fingerprint density at radius 3 is 2.34 bits per heavy atom. The van der Waals surface area contributed by atoms with Crippen molar-refractivity contribution in [1.82, 2.24) is 14.8 Å². The van der Waals surface area contributed by atoms with Crippen molar-refractivity contribution in [3.05, 3.63) is 65.4 Å². The van der Waals surface area contributed by atoms with Crippen LogP contribution in [0, 0.1) is 0 Å². The average molecular weight is 468 g/mol. The van der Waals surface area contributed by atoms with Gasteiger partial charge in [-0.25, -0.2) is 0 Å². The zero-order valence-electron chi connectivity index (χ0n) is 19.3. The normalized spacial score (nSPS) is 18.5. The summed E-state index contributed by atoms with van der Waals surface area (Å²) in [7, 11) is 1.99. The molecule has 0 spiro atoms. The van der Waals surface area contributed by atoms with Gasteiger partial charge in [-0.05, 0) is 17.2 Å². The summed E-state index contributed by atoms with van der Waals surface area (Å²) >= 11 is 6.06. The van der Waals surface area contributed by atoms with Crippen molar-refractivity contribution < 1.29 is 9.59 Å². The number of amides is 2. The number of H-pyrrole nitrogens is 1. The molecule has 2 heterocycles. The van der Waals surface area contributed by atoms with Gasteiger partial charge in [0.2, 0.25) is 11.8 Å². The number of rotatable bonds is 4. The molecule has 4 rings (SSSR count). The van der Waals surface area contributed by atoms with Crippen molar-refractivity contribution >= 4 is 47.6 Å². The van der Waals surface area contributed by atoms with E-state index in [-0.39, 0.29) is 17.7 Å². The number of aromatic amines is 1. The lowest BCUT2D eigenvalue weighted by Gasteiger charge is -2.42. The maximum atomic E-state index is 13.2. The second kappa shape index (κ2) is 8.41. The fraction of sp³-hybridized carbons (Fsp3) is 0.360. The quantitative estimate of drug-likeness (QED) is 0.467. The number of nitrogens with one attached hydrogen (secondary N) is 1. The van der Waals surface area contributed by atoms with Crippen molar-refractivity contribution in [3.8, 4) is 0 Å². The number of carbonyl (C=O) groups is 2. The smallest absolute Gasteiger partial charge is 0.245 e. The number of para-hydroxylation sites is 1. The van der Waals surface area contributed by atoms with E-state index in [1.165, 1.54) is 5.19 Å². The number of alkyl halides is 1. The van der Waals surface area contributed by atoms with Crippen LogP contribution in [0.5, 0.6) is 0 Å². The highest BCUT2D eigenvalue weighted by Crippen LogP contribution is 2.41. The number of fused-ring (bicyclic) bond motifs is 3. The first kappa shape index (κ1) is 22.6. The van der Waals surface area contributed by atoms with Gasteiger partial charge in [-0.15, -0.1) is 11.6 Å². The van der Waals surface area contributed by atoms with E-state index in [9.17, 15) is 9.59 Å². The molecule has 0 bridgehead atoms. The van der Waals surface area contributed by atoms with Gasteiger partial charge >= 0.3 is 0 Å². The van der Waals surface area contributed by atoms with Crippen molar-refractivity contribution in [1.29, 1.82) is 0 Å². The second-order valence-corrected chi connectivity index (χ2v) is 15.1. The lowest BCUT2D eigenvalue weighted by atomic mass is 9.87. The molecular weight excluding hydrogens is 438 g/mol. The summed E-state index contributed by atoms with van der Waals surface area (Å²) in [4.78, 5) is 33.2. The van der Waals surface area contributed by atoms with E-state index in [1.807, 2.05) is 18.2 Å². The third-order valence-electron chi connectivity index (χ3n) is 6.35. The van der Waals surface area contributed by atoms with Gasteiger partial charge in [0.15, 0.2) is 0 Å². The van der Waals surface area contributed by atoms with E-state index in [2.05, 4.69) is 55.0 Å². The fourth-order valence-electron chi connectivity index (χ4n) is 4.67. The largest absolute Gasteiger partial charge is 0.356 e. The van der Waals surface area contributed by atoms with Gasteiger partial charge in [-0.2, -0.15) is 0 Å². The van der Waals surface area contributed by atoms with Gasteiger partial charge in [0, 0.05) is 37.1 Å². The number of aromatic nitrogens is 1. The maximum Gasteiger partial charge on any atom is 0.245 e. The van der Waals surface area contributed by atoms with E-state index < -0.39 is 20.2 Å². The molecule has 5 nitrogen and oxygen atoms in total. The minimum atomic E-state index is -1.47. The van der Waals surface area contributed by atoms with E-state index >= 15 is 0 Å². The molecule has 3 aromatic rings. The van der Waals surface area contributed by atoms with Crippen LogP contribution in [-0.4, -0.2) is 60.7 Å². The van der Waals surface area contributed by atoms with Crippen LogP contribution in [0.1, 0.15) is 22.9 Å². The zero-order valence-corrected chi connectivity index (χ0v) is 21.0. The van der Waals surface area contributed by atoms with Gasteiger partial charge in [0.1, 0.15) is 11.9 Å². The second-order valence-electron chi connectivity index (χ2n) is 9.72. The molecule has 2 aromatic carbocycles. The van der Waals surface area contributed by atoms with Crippen molar-refractivity contribution in [3.63, 3.8) is 0 Å². The number of benzene rings is 2. The van der Waals surface area contributed by atoms with E-state index in [0.717, 1.165) is 27.7 Å². The van der Waals surface area contributed by atoms with Crippen LogP contribution in [0.15, 0.2) is 48.5 Å². The Kier molecular flexibility index (Phi) is 5.94. The number of nitrogens with zero attached hydrogens (tertiary/aromatic N) is 2. The molecule has 1 aliphatic heterocycles. The lowest BCUT2D eigenvalue weighted by molar-refractivity contribution is -0.145. The molecule has 0 saturated carbocycles. The zero-order chi connectivity index (χ0) is 23.2. The molecule has 2 atom stereocenters. The summed E-state index contributed by atoms with van der Waals surface area (Å²) in [6.45, 7) is 6.94. The molecule has 7 heteroatoms. The number of halogens is 1. The summed E-state index contributed by atoms with van der Waals surface area (Å²) in [5.74, 6) is -0.505. The first-order chi connectivity index (χ1) is 15.1. The van der Waals surface area contributed by atoms with E-state index in [0.29, 0.717) is 6.42 Å². The molecule has 32 heavy (non-hydrogen) atoms. The maximum absolute atomic E-state index is 13.2. The summed E-state index contributed by atoms with van der Waals surface area (Å²) in [5, 5.41) is 2.45. The molecule has 1 aliphatic rings. The highest BCUT2D eigenvalue weighted by molar-refractivity contribution is 6.88. The van der Waals surface area contributed by atoms with E-state index in [4.69, 9.17) is 11.6 Å². The summed E-state index contributed by atoms with van der Waals surface area (Å²) in [6, 6.07) is 15.7. The molecule has 0 aliphatic carbocycles. The van der Waals surface area contributed by atoms with Gasteiger partial charge in [-0.1, -0.05) is 67.3 Å². The molecule has 0 saturated heterocycles. The van der Waals surface area contributed by atoms with Crippen LogP contribution in [0.3, 0.4) is 0 Å². The van der Waals surface area contributed by atoms with Crippen LogP contribution in [0.25, 0.3) is 10.9 Å². The number of hydrogen-bond acceptors (Lipinski definition) is 2. The third kappa shape index (κ3) is 3.86. The fourth-order valence-corrected chi connectivity index (χ4v) is 5.97. The van der Waals surface area contributed by atoms with Crippen LogP contribution in [0.2, 0.25) is 19.6 Å². The number of likely N-dealkylation sites (N-methyl/N-ethyl adjacent to an activating group) is 1. The highest BCUT2D eigenvalue weighted by atomic mass is 35.5. The first-order valence-electron chi connectivity index (χ1n) is 10.9. The molecule has 2 amide bonds. The Hall–Kier alpha value is -2.57. The molecule has 0 unspecified atom stereocenters. The molecule has 0 fully saturated rings. The van der Waals surface area contributed by atoms with Crippen LogP contribution >= 0.6 is 11.6 Å². The van der Waals surface area contributed by atoms with Gasteiger partial charge in [-0.3, -0.25) is 9.59 Å². The topological polar surface area (TPSA) is 56.4 Å². The molecular formula is C25H30ClN3O2Si. The Morgan fingerprint density at radius 1 is 1.09 bits per heavy atom. The Balaban J connectivity index is 1.94. The van der Waals surface area contributed by atoms with Gasteiger partial charge in [0.25, 0.3) is 0 Å². The van der Waals surface area contributed by atoms with Crippen LogP contribution in [-0.2, 0) is 16.0 Å². The van der Waals surface area contributed by atoms with E-state index in [1.54, 1.807) is 23.9 Å². The van der Waals surface area contributed by atoms with Gasteiger partial charge in [0.05, 0.1) is 14.1 Å². The number of carbonyl (C=O) groups excluding carboxylic acids is 2. The van der Waals surface area contributed by atoms with Crippen molar-refractivity contribution in [2.24, 2.45) is 0 Å². The first-order valence-corrected chi connectivity index (χ1v) is 14.9. The summed E-state index contributed by atoms with van der Waals surface area (Å²) in [6.07, 6.45) is 0.461. The standard InChI is InChI=1S/C25H30ClN3O2Si/c1-28(2)25(31)21-14-19-18-8-6-7-9-20(18)27-23(19)24(29(21)22(30)15-26)16-10-12-17(13-11-16)32(3,4)5/h6-13,21,24,27H,14-15H2,1-5H3/t21-,24-/m1/s1. The Bertz CT molecular complexity index is 1160. The predicted molar refractivity (Wildman–Crippen MR) is 133 cm³/mol. The van der Waals surface area contributed by atoms with Gasteiger partial charge < -0.3 is 14.8 Å². The van der Waals surface area contributed by atoms with Crippen LogP contribution < -0.4 is 5.19 Å². The average Bonchev–Trinajstić information content (AvgIpc) is 3.14. The minimum Gasteiger partial charge on any atom is -0.356 e. The van der Waals surface area contributed by atoms with Crippen molar-refractivity contribution in [2.75, 3.05) is 20.0 Å². The third-order valence-corrected chi connectivity index (χ3v) is 8.65. The SMILES string of the molecule is CN(C)C(=O)[C@H]1Cc2c([nH]c3ccccc23)[C@@H](c2ccc([Si](C)(C)C)cc2)N1C(=O)CCl. The minimum absolute atomic E-state index is 0.0943. The van der Waals surface area contributed by atoms with Crippen LogP contribution in [0.4, 0.5) is 0 Å². The Labute approximate surface area is 195 Å². The molecule has 1 N–H and O–H groups in total. The Morgan fingerprint density at radius 2 is 1.75 bits per heavy atom. The summed E-state index contributed by atoms with van der Waals surface area (Å²) in [5.41, 5.74) is 4.05. The number of hydrogen-bond donors (Lipinski definition) is 1.